The van der Waals surface area contributed by atoms with Crippen LogP contribution in [-0.2, 0) is 6.54 Å². The molecule has 1 aromatic carbocycles. The fourth-order valence-electron chi connectivity index (χ4n) is 1.22. The molecule has 5 heteroatoms. The Morgan fingerprint density at radius 3 is 2.62 bits per heavy atom. The van der Waals surface area contributed by atoms with Crippen molar-refractivity contribution in [2.45, 2.75) is 6.54 Å². The lowest BCUT2D eigenvalue weighted by atomic mass is 10.3. The van der Waals surface area contributed by atoms with Crippen molar-refractivity contribution in [2.24, 2.45) is 0 Å². The molecule has 0 N–H and O–H groups in total. The largest absolute Gasteiger partial charge is 0.492 e. The Morgan fingerprint density at radius 1 is 1.25 bits per heavy atom. The van der Waals surface area contributed by atoms with Crippen LogP contribution >= 0.6 is 28.3 Å². The van der Waals surface area contributed by atoms with Crippen LogP contribution in [0.5, 0.6) is 5.75 Å². The van der Waals surface area contributed by atoms with E-state index in [0.29, 0.717) is 6.61 Å². The first-order valence-electron chi connectivity index (χ1n) is 4.69. The molecule has 0 fully saturated rings. The summed E-state index contributed by atoms with van der Waals surface area (Å²) < 4.78 is 8.61. The monoisotopic (exact) mass is 302 g/mol. The van der Waals surface area contributed by atoms with Crippen LogP contribution in [0.25, 0.3) is 0 Å². The van der Waals surface area contributed by atoms with E-state index in [-0.39, 0.29) is 12.4 Å². The van der Waals surface area contributed by atoms with Crippen LogP contribution in [0, 0.1) is 0 Å². The summed E-state index contributed by atoms with van der Waals surface area (Å²) in [6, 6.07) is 7.81. The first-order valence-corrected chi connectivity index (χ1v) is 5.48. The SMILES string of the molecule is Brc1ccc(OCCn2ccnc2)cc1.Cl. The van der Waals surface area contributed by atoms with E-state index in [1.807, 2.05) is 35.0 Å². The summed E-state index contributed by atoms with van der Waals surface area (Å²) in [6.07, 6.45) is 5.47. The van der Waals surface area contributed by atoms with Crippen molar-refractivity contribution >= 4 is 28.3 Å². The molecule has 1 aromatic heterocycles. The van der Waals surface area contributed by atoms with E-state index in [4.69, 9.17) is 4.74 Å². The van der Waals surface area contributed by atoms with Gasteiger partial charge in [-0.15, -0.1) is 12.4 Å². The summed E-state index contributed by atoms with van der Waals surface area (Å²) >= 11 is 3.38. The molecule has 16 heavy (non-hydrogen) atoms. The van der Waals surface area contributed by atoms with Crippen molar-refractivity contribution in [3.63, 3.8) is 0 Å². The second-order valence-corrected chi connectivity index (χ2v) is 4.02. The van der Waals surface area contributed by atoms with Gasteiger partial charge in [0.25, 0.3) is 0 Å². The zero-order valence-electron chi connectivity index (χ0n) is 8.54. The molecule has 2 rings (SSSR count). The van der Waals surface area contributed by atoms with Crippen LogP contribution in [0.1, 0.15) is 0 Å². The van der Waals surface area contributed by atoms with Crippen molar-refractivity contribution in [3.05, 3.63) is 47.5 Å². The van der Waals surface area contributed by atoms with Crippen LogP contribution in [0.15, 0.2) is 47.5 Å². The molecule has 0 atom stereocenters. The molecule has 86 valence electrons. The Morgan fingerprint density at radius 2 is 2.00 bits per heavy atom. The number of benzene rings is 1. The fourth-order valence-corrected chi connectivity index (χ4v) is 1.48. The molecule has 2 aromatic rings. The number of rotatable bonds is 4. The van der Waals surface area contributed by atoms with Gasteiger partial charge in [0.2, 0.25) is 0 Å². The normalized spacial score (nSPS) is 9.56. The fraction of sp³-hybridized carbons (Fsp3) is 0.182. The average molecular weight is 304 g/mol. The number of hydrogen-bond donors (Lipinski definition) is 0. The van der Waals surface area contributed by atoms with E-state index in [9.17, 15) is 0 Å². The van der Waals surface area contributed by atoms with Crippen molar-refractivity contribution in [1.82, 2.24) is 9.55 Å². The number of nitrogens with zero attached hydrogens (tertiary/aromatic N) is 2. The van der Waals surface area contributed by atoms with Gasteiger partial charge in [-0.1, -0.05) is 15.9 Å². The Bertz CT molecular complexity index is 402. The second kappa shape index (κ2) is 6.55. The van der Waals surface area contributed by atoms with Gasteiger partial charge in [0, 0.05) is 16.9 Å². The lowest BCUT2D eigenvalue weighted by Crippen LogP contribution is -2.06. The molecule has 0 saturated carbocycles. The standard InChI is InChI=1S/C11H11BrN2O.ClH/c12-10-1-3-11(4-2-10)15-8-7-14-6-5-13-9-14;/h1-6,9H,7-8H2;1H. The molecule has 0 aliphatic heterocycles. The van der Waals surface area contributed by atoms with Crippen molar-refractivity contribution < 1.29 is 4.74 Å². The summed E-state index contributed by atoms with van der Waals surface area (Å²) in [5, 5.41) is 0. The predicted octanol–water partition coefficient (Wildman–Crippen LogP) is 3.15. The molecule has 0 saturated heterocycles. The van der Waals surface area contributed by atoms with Crippen molar-refractivity contribution in [1.29, 1.82) is 0 Å². The topological polar surface area (TPSA) is 27.1 Å². The smallest absolute Gasteiger partial charge is 0.119 e. The van der Waals surface area contributed by atoms with Crippen LogP contribution in [-0.4, -0.2) is 16.2 Å². The number of ether oxygens (including phenoxy) is 1. The number of hydrogen-bond acceptors (Lipinski definition) is 2. The zero-order valence-corrected chi connectivity index (χ0v) is 10.9. The van der Waals surface area contributed by atoms with Gasteiger partial charge >= 0.3 is 0 Å². The van der Waals surface area contributed by atoms with E-state index in [1.165, 1.54) is 0 Å². The van der Waals surface area contributed by atoms with Gasteiger partial charge in [0.1, 0.15) is 12.4 Å². The van der Waals surface area contributed by atoms with Gasteiger partial charge in [-0.2, -0.15) is 0 Å². The van der Waals surface area contributed by atoms with Gasteiger partial charge in [-0.05, 0) is 24.3 Å². The summed E-state index contributed by atoms with van der Waals surface area (Å²) in [5.74, 6) is 0.887. The van der Waals surface area contributed by atoms with Gasteiger partial charge in [-0.3, -0.25) is 0 Å². The summed E-state index contributed by atoms with van der Waals surface area (Å²) in [4.78, 5) is 3.96. The van der Waals surface area contributed by atoms with Gasteiger partial charge < -0.3 is 9.30 Å². The first-order chi connectivity index (χ1) is 7.34. The highest BCUT2D eigenvalue weighted by molar-refractivity contribution is 9.10. The van der Waals surface area contributed by atoms with E-state index < -0.39 is 0 Å². The third kappa shape index (κ3) is 3.87. The number of aromatic nitrogens is 2. The van der Waals surface area contributed by atoms with Crippen LogP contribution in [0.4, 0.5) is 0 Å². The maximum absolute atomic E-state index is 5.56. The Hall–Kier alpha value is -1.00. The maximum Gasteiger partial charge on any atom is 0.119 e. The van der Waals surface area contributed by atoms with Gasteiger partial charge in [0.15, 0.2) is 0 Å². The molecule has 1 heterocycles. The number of imidazole rings is 1. The predicted molar refractivity (Wildman–Crippen MR) is 69.1 cm³/mol. The minimum Gasteiger partial charge on any atom is -0.492 e. The van der Waals surface area contributed by atoms with Gasteiger partial charge in [0.05, 0.1) is 12.9 Å². The van der Waals surface area contributed by atoms with E-state index >= 15 is 0 Å². The number of halogens is 2. The molecule has 0 aliphatic rings. The zero-order chi connectivity index (χ0) is 10.5. The first kappa shape index (κ1) is 13.1. The van der Waals surface area contributed by atoms with Gasteiger partial charge in [-0.25, -0.2) is 4.98 Å². The minimum absolute atomic E-state index is 0. The lowest BCUT2D eigenvalue weighted by molar-refractivity contribution is 0.298. The molecule has 0 unspecified atom stereocenters. The summed E-state index contributed by atoms with van der Waals surface area (Å²) in [7, 11) is 0. The Kier molecular flexibility index (Phi) is 5.35. The third-order valence-corrected chi connectivity index (χ3v) is 2.52. The van der Waals surface area contributed by atoms with E-state index in [2.05, 4.69) is 20.9 Å². The molecule has 0 bridgehead atoms. The second-order valence-electron chi connectivity index (χ2n) is 3.10. The summed E-state index contributed by atoms with van der Waals surface area (Å²) in [6.45, 7) is 1.47. The Labute approximate surface area is 109 Å². The van der Waals surface area contributed by atoms with Crippen molar-refractivity contribution in [2.75, 3.05) is 6.61 Å². The maximum atomic E-state index is 5.56. The molecule has 0 aliphatic carbocycles. The highest BCUT2D eigenvalue weighted by Gasteiger charge is 1.94. The van der Waals surface area contributed by atoms with Crippen LogP contribution < -0.4 is 4.74 Å². The molecule has 0 amide bonds. The minimum atomic E-state index is 0. The molecule has 3 nitrogen and oxygen atoms in total. The van der Waals surface area contributed by atoms with E-state index in [0.717, 1.165) is 16.8 Å². The summed E-state index contributed by atoms with van der Waals surface area (Å²) in [5.41, 5.74) is 0. The molecular weight excluding hydrogens is 291 g/mol. The molecule has 0 radical (unpaired) electrons. The van der Waals surface area contributed by atoms with E-state index in [1.54, 1.807) is 12.5 Å². The quantitative estimate of drug-likeness (QED) is 0.867. The average Bonchev–Trinajstić information content (AvgIpc) is 2.74. The highest BCUT2D eigenvalue weighted by atomic mass is 79.9. The van der Waals surface area contributed by atoms with Crippen molar-refractivity contribution in [3.8, 4) is 5.75 Å². The lowest BCUT2D eigenvalue weighted by Gasteiger charge is -2.06. The van der Waals surface area contributed by atoms with Crippen LogP contribution in [0.2, 0.25) is 0 Å². The highest BCUT2D eigenvalue weighted by Crippen LogP contribution is 2.15. The van der Waals surface area contributed by atoms with Crippen LogP contribution in [0.3, 0.4) is 0 Å². The molecular formula is C11H12BrClN2O. The Balaban J connectivity index is 0.00000128. The molecule has 0 spiro atoms. The third-order valence-electron chi connectivity index (χ3n) is 1.99.